The number of nitrogens with zero attached hydrogens (tertiary/aromatic N) is 1. The number of morpholine rings is 1. The van der Waals surface area contributed by atoms with Gasteiger partial charge in [0, 0.05) is 19.6 Å². The Morgan fingerprint density at radius 1 is 1.29 bits per heavy atom. The van der Waals surface area contributed by atoms with Crippen LogP contribution in [0.4, 0.5) is 0 Å². The Kier molecular flexibility index (Phi) is 5.22. The highest BCUT2D eigenvalue weighted by molar-refractivity contribution is 7.89. The number of sulfonamides is 1. The van der Waals surface area contributed by atoms with E-state index in [0.717, 1.165) is 5.56 Å². The van der Waals surface area contributed by atoms with Gasteiger partial charge in [0.25, 0.3) is 0 Å². The van der Waals surface area contributed by atoms with Gasteiger partial charge in [-0.25, -0.2) is 8.42 Å². The second-order valence-corrected chi connectivity index (χ2v) is 8.56. The molecule has 0 unspecified atom stereocenters. The predicted molar refractivity (Wildman–Crippen MR) is 90.7 cm³/mol. The lowest BCUT2D eigenvalue weighted by molar-refractivity contribution is -0.127. The summed E-state index contributed by atoms with van der Waals surface area (Å²) < 4.78 is 31.8. The van der Waals surface area contributed by atoms with E-state index in [0.29, 0.717) is 25.9 Å². The fourth-order valence-electron chi connectivity index (χ4n) is 3.43. The third-order valence-electron chi connectivity index (χ3n) is 4.63. The summed E-state index contributed by atoms with van der Waals surface area (Å²) in [7, 11) is -3.24. The van der Waals surface area contributed by atoms with Crippen molar-refractivity contribution in [3.8, 4) is 0 Å². The lowest BCUT2D eigenvalue weighted by Crippen LogP contribution is -2.48. The lowest BCUT2D eigenvalue weighted by atomic mass is 9.99. The highest BCUT2D eigenvalue weighted by Crippen LogP contribution is 2.33. The van der Waals surface area contributed by atoms with Crippen molar-refractivity contribution in [2.24, 2.45) is 5.92 Å². The number of amides is 1. The van der Waals surface area contributed by atoms with Crippen LogP contribution in [-0.4, -0.2) is 49.7 Å². The molecule has 2 fully saturated rings. The van der Waals surface area contributed by atoms with Crippen LogP contribution in [0.2, 0.25) is 0 Å². The van der Waals surface area contributed by atoms with E-state index in [2.05, 4.69) is 5.32 Å². The fraction of sp³-hybridized carbons (Fsp3) is 0.588. The molecule has 1 aromatic rings. The summed E-state index contributed by atoms with van der Waals surface area (Å²) in [5.41, 5.74) is 1.04. The minimum atomic E-state index is -3.24. The molecule has 0 aromatic heterocycles. The summed E-state index contributed by atoms with van der Waals surface area (Å²) in [6.45, 7) is 2.97. The van der Waals surface area contributed by atoms with Gasteiger partial charge in [-0.2, -0.15) is 4.31 Å². The first kappa shape index (κ1) is 17.4. The van der Waals surface area contributed by atoms with E-state index in [1.807, 2.05) is 37.3 Å². The molecule has 2 saturated heterocycles. The Labute approximate surface area is 143 Å². The van der Waals surface area contributed by atoms with Gasteiger partial charge in [0.2, 0.25) is 15.9 Å². The average molecular weight is 352 g/mol. The summed E-state index contributed by atoms with van der Waals surface area (Å²) in [6, 6.07) is 9.73. The minimum absolute atomic E-state index is 0.0545. The van der Waals surface area contributed by atoms with Gasteiger partial charge in [0.05, 0.1) is 23.9 Å². The van der Waals surface area contributed by atoms with E-state index in [9.17, 15) is 13.2 Å². The fourth-order valence-corrected chi connectivity index (χ4v) is 4.97. The molecule has 2 bridgehead atoms. The maximum absolute atomic E-state index is 12.5. The van der Waals surface area contributed by atoms with Gasteiger partial charge in [-0.05, 0) is 18.4 Å². The normalized spacial score (nSPS) is 27.1. The second kappa shape index (κ2) is 7.21. The van der Waals surface area contributed by atoms with Crippen LogP contribution in [0, 0.1) is 5.92 Å². The van der Waals surface area contributed by atoms with Crippen LogP contribution < -0.4 is 5.32 Å². The SMILES string of the molecule is CCCS(=O)(=O)N1C[C@@H]2C[C@@H](C(=O)NCc3ccccc3)[C@H](C1)O2. The van der Waals surface area contributed by atoms with Crippen LogP contribution >= 0.6 is 0 Å². The van der Waals surface area contributed by atoms with Gasteiger partial charge in [-0.3, -0.25) is 4.79 Å². The molecule has 1 N–H and O–H groups in total. The Morgan fingerprint density at radius 2 is 2.04 bits per heavy atom. The summed E-state index contributed by atoms with van der Waals surface area (Å²) >= 11 is 0. The van der Waals surface area contributed by atoms with Gasteiger partial charge in [-0.1, -0.05) is 37.3 Å². The molecule has 6 nitrogen and oxygen atoms in total. The van der Waals surface area contributed by atoms with Gasteiger partial charge >= 0.3 is 0 Å². The number of hydrogen-bond donors (Lipinski definition) is 1. The van der Waals surface area contributed by atoms with E-state index in [1.165, 1.54) is 4.31 Å². The van der Waals surface area contributed by atoms with Gasteiger partial charge in [0.15, 0.2) is 0 Å². The standard InChI is InChI=1S/C17H24N2O4S/c1-2-8-24(21,22)19-11-14-9-15(16(12-19)23-14)17(20)18-10-13-6-4-3-5-7-13/h3-7,14-16H,2,8-12H2,1H3,(H,18,20)/t14-,15+,16-/m0/s1. The molecule has 3 atom stereocenters. The number of rotatable bonds is 6. The number of fused-ring (bicyclic) bond motifs is 2. The van der Waals surface area contributed by atoms with Gasteiger partial charge in [-0.15, -0.1) is 0 Å². The number of benzene rings is 1. The topological polar surface area (TPSA) is 75.7 Å². The average Bonchev–Trinajstić information content (AvgIpc) is 2.87. The molecule has 0 radical (unpaired) electrons. The molecule has 2 aliphatic rings. The zero-order chi connectivity index (χ0) is 17.2. The third kappa shape index (κ3) is 3.79. The summed E-state index contributed by atoms with van der Waals surface area (Å²) in [4.78, 5) is 12.5. The number of hydrogen-bond acceptors (Lipinski definition) is 4. The summed E-state index contributed by atoms with van der Waals surface area (Å²) in [6.07, 6.45) is 0.661. The highest BCUT2D eigenvalue weighted by atomic mass is 32.2. The molecule has 0 saturated carbocycles. The van der Waals surface area contributed by atoms with Crippen molar-refractivity contribution in [2.45, 2.75) is 38.5 Å². The van der Waals surface area contributed by atoms with Crippen molar-refractivity contribution in [1.29, 1.82) is 0 Å². The summed E-state index contributed by atoms with van der Waals surface area (Å²) in [5.74, 6) is -0.182. The van der Waals surface area contributed by atoms with Gasteiger partial charge in [0.1, 0.15) is 0 Å². The van der Waals surface area contributed by atoms with Crippen LogP contribution in [0.5, 0.6) is 0 Å². The second-order valence-electron chi connectivity index (χ2n) is 6.48. The largest absolute Gasteiger partial charge is 0.371 e. The summed E-state index contributed by atoms with van der Waals surface area (Å²) in [5, 5.41) is 2.95. The molecule has 24 heavy (non-hydrogen) atoms. The van der Waals surface area contributed by atoms with E-state index in [1.54, 1.807) is 0 Å². The van der Waals surface area contributed by atoms with Crippen LogP contribution in [-0.2, 0) is 26.1 Å². The van der Waals surface area contributed by atoms with E-state index in [-0.39, 0.29) is 36.3 Å². The molecule has 7 heteroatoms. The maximum Gasteiger partial charge on any atom is 0.226 e. The number of carbonyl (C=O) groups is 1. The first-order chi connectivity index (χ1) is 11.5. The van der Waals surface area contributed by atoms with Crippen LogP contribution in [0.3, 0.4) is 0 Å². The van der Waals surface area contributed by atoms with Crippen LogP contribution in [0.1, 0.15) is 25.3 Å². The predicted octanol–water partition coefficient (Wildman–Crippen LogP) is 1.13. The van der Waals surface area contributed by atoms with Crippen LogP contribution in [0.15, 0.2) is 30.3 Å². The highest BCUT2D eigenvalue weighted by Gasteiger charge is 2.46. The number of nitrogens with one attached hydrogen (secondary N) is 1. The molecule has 1 aromatic carbocycles. The molecule has 3 rings (SSSR count). The molecule has 0 aliphatic carbocycles. The van der Waals surface area contributed by atoms with Crippen molar-refractivity contribution in [2.75, 3.05) is 18.8 Å². The Hall–Kier alpha value is -1.44. The number of carbonyl (C=O) groups excluding carboxylic acids is 1. The molecule has 1 amide bonds. The van der Waals surface area contributed by atoms with Crippen molar-refractivity contribution < 1.29 is 17.9 Å². The Balaban J connectivity index is 1.60. The maximum atomic E-state index is 12.5. The minimum Gasteiger partial charge on any atom is -0.371 e. The monoisotopic (exact) mass is 352 g/mol. The molecule has 0 spiro atoms. The molecular weight excluding hydrogens is 328 g/mol. The molecule has 2 aliphatic heterocycles. The van der Waals surface area contributed by atoms with Crippen molar-refractivity contribution in [1.82, 2.24) is 9.62 Å². The third-order valence-corrected chi connectivity index (χ3v) is 6.63. The molecular formula is C17H24N2O4S. The first-order valence-electron chi connectivity index (χ1n) is 8.44. The zero-order valence-electron chi connectivity index (χ0n) is 13.8. The molecule has 132 valence electrons. The zero-order valence-corrected chi connectivity index (χ0v) is 14.7. The number of ether oxygens (including phenoxy) is 1. The van der Waals surface area contributed by atoms with Crippen molar-refractivity contribution in [3.05, 3.63) is 35.9 Å². The smallest absolute Gasteiger partial charge is 0.226 e. The first-order valence-corrected chi connectivity index (χ1v) is 10.1. The van der Waals surface area contributed by atoms with E-state index >= 15 is 0 Å². The van der Waals surface area contributed by atoms with E-state index < -0.39 is 10.0 Å². The molecule has 2 heterocycles. The van der Waals surface area contributed by atoms with Crippen LogP contribution in [0.25, 0.3) is 0 Å². The lowest BCUT2D eigenvalue weighted by Gasteiger charge is -2.31. The Morgan fingerprint density at radius 3 is 2.75 bits per heavy atom. The quantitative estimate of drug-likeness (QED) is 0.833. The van der Waals surface area contributed by atoms with E-state index in [4.69, 9.17) is 4.74 Å². The van der Waals surface area contributed by atoms with Gasteiger partial charge < -0.3 is 10.1 Å². The van der Waals surface area contributed by atoms with Crippen molar-refractivity contribution in [3.63, 3.8) is 0 Å². The Bertz CT molecular complexity index is 677. The van der Waals surface area contributed by atoms with Crippen molar-refractivity contribution >= 4 is 15.9 Å².